The number of hydrogen-bond acceptors (Lipinski definition) is 3. The molecular formula is C8H12N2O. The van der Waals surface area contributed by atoms with Crippen molar-refractivity contribution in [2.24, 2.45) is 0 Å². The zero-order valence-electron chi connectivity index (χ0n) is 6.46. The lowest BCUT2D eigenvalue weighted by molar-refractivity contribution is 0.471. The van der Waals surface area contributed by atoms with Crippen molar-refractivity contribution in [1.82, 2.24) is 0 Å². The Bertz CT molecular complexity index is 271. The number of nitrogens with two attached hydrogens (primary N) is 2. The molecule has 3 heteroatoms. The van der Waals surface area contributed by atoms with Crippen LogP contribution in [0.2, 0.25) is 0 Å². The molecule has 1 aromatic rings. The highest BCUT2D eigenvalue weighted by Gasteiger charge is 2.03. The number of aromatic hydroxyl groups is 1. The number of nitrogen functional groups attached to an aromatic ring is 2. The third-order valence-electron chi connectivity index (χ3n) is 1.62. The molecule has 3 nitrogen and oxygen atoms in total. The molecule has 0 spiro atoms. The van der Waals surface area contributed by atoms with Crippen LogP contribution in [0.4, 0.5) is 11.4 Å². The molecule has 0 heterocycles. The minimum Gasteiger partial charge on any atom is -0.506 e. The monoisotopic (exact) mass is 152 g/mol. The van der Waals surface area contributed by atoms with Crippen molar-refractivity contribution in [3.8, 4) is 5.75 Å². The largest absolute Gasteiger partial charge is 0.506 e. The molecule has 0 aromatic heterocycles. The summed E-state index contributed by atoms with van der Waals surface area (Å²) in [7, 11) is 0. The topological polar surface area (TPSA) is 72.3 Å². The van der Waals surface area contributed by atoms with Crippen molar-refractivity contribution >= 4 is 11.4 Å². The standard InChI is InChI=1S/C8H12N2O/c1-2-5-3-6(9)4-7(10)8(5)11/h3-4,11H,2,9-10H2,1H3. The van der Waals surface area contributed by atoms with Crippen LogP contribution in [0.1, 0.15) is 12.5 Å². The Morgan fingerprint density at radius 3 is 2.55 bits per heavy atom. The molecule has 60 valence electrons. The minimum absolute atomic E-state index is 0.154. The van der Waals surface area contributed by atoms with Gasteiger partial charge in [0.25, 0.3) is 0 Å². The summed E-state index contributed by atoms with van der Waals surface area (Å²) in [6.07, 6.45) is 0.737. The number of benzene rings is 1. The first kappa shape index (κ1) is 7.72. The summed E-state index contributed by atoms with van der Waals surface area (Å²) >= 11 is 0. The van der Waals surface area contributed by atoms with Gasteiger partial charge < -0.3 is 16.6 Å². The van der Waals surface area contributed by atoms with Crippen molar-refractivity contribution in [3.05, 3.63) is 17.7 Å². The van der Waals surface area contributed by atoms with Crippen molar-refractivity contribution in [3.63, 3.8) is 0 Å². The summed E-state index contributed by atoms with van der Waals surface area (Å²) in [6, 6.07) is 3.28. The Balaban J connectivity index is 3.24. The van der Waals surface area contributed by atoms with E-state index in [9.17, 15) is 5.11 Å². The van der Waals surface area contributed by atoms with Crippen LogP contribution in [0.15, 0.2) is 12.1 Å². The molecule has 0 saturated carbocycles. The first-order chi connectivity index (χ1) is 5.15. The van der Waals surface area contributed by atoms with Gasteiger partial charge in [0.2, 0.25) is 0 Å². The molecular weight excluding hydrogens is 140 g/mol. The van der Waals surface area contributed by atoms with Crippen LogP contribution in [0.25, 0.3) is 0 Å². The molecule has 0 amide bonds. The van der Waals surface area contributed by atoms with Crippen LogP contribution in [0.3, 0.4) is 0 Å². The molecule has 0 radical (unpaired) electrons. The van der Waals surface area contributed by atoms with E-state index in [0.29, 0.717) is 11.4 Å². The van der Waals surface area contributed by atoms with Gasteiger partial charge in [-0.25, -0.2) is 0 Å². The molecule has 0 aliphatic heterocycles. The van der Waals surface area contributed by atoms with E-state index in [0.717, 1.165) is 12.0 Å². The fourth-order valence-electron chi connectivity index (χ4n) is 1.01. The maximum absolute atomic E-state index is 9.34. The second-order valence-electron chi connectivity index (χ2n) is 2.47. The Morgan fingerprint density at radius 2 is 2.00 bits per heavy atom. The fraction of sp³-hybridized carbons (Fsp3) is 0.250. The SMILES string of the molecule is CCc1cc(N)cc(N)c1O. The van der Waals surface area contributed by atoms with Gasteiger partial charge in [0, 0.05) is 5.69 Å². The van der Waals surface area contributed by atoms with Gasteiger partial charge in [-0.1, -0.05) is 6.92 Å². The summed E-state index contributed by atoms with van der Waals surface area (Å²) in [6.45, 7) is 1.94. The van der Waals surface area contributed by atoms with Gasteiger partial charge in [0.15, 0.2) is 0 Å². The average molecular weight is 152 g/mol. The predicted octanol–water partition coefficient (Wildman–Crippen LogP) is 1.12. The quantitative estimate of drug-likeness (QED) is 0.321. The van der Waals surface area contributed by atoms with Gasteiger partial charge in [-0.05, 0) is 24.1 Å². The van der Waals surface area contributed by atoms with E-state index in [-0.39, 0.29) is 5.75 Å². The molecule has 0 saturated heterocycles. The van der Waals surface area contributed by atoms with Gasteiger partial charge in [0.05, 0.1) is 5.69 Å². The second kappa shape index (κ2) is 2.70. The first-order valence-electron chi connectivity index (χ1n) is 3.52. The number of anilines is 2. The third kappa shape index (κ3) is 1.37. The Morgan fingerprint density at radius 1 is 1.36 bits per heavy atom. The Kier molecular flexibility index (Phi) is 1.89. The highest BCUT2D eigenvalue weighted by molar-refractivity contribution is 5.63. The van der Waals surface area contributed by atoms with Crippen molar-refractivity contribution < 1.29 is 5.11 Å². The first-order valence-corrected chi connectivity index (χ1v) is 3.52. The van der Waals surface area contributed by atoms with E-state index >= 15 is 0 Å². The molecule has 0 aliphatic carbocycles. The lowest BCUT2D eigenvalue weighted by atomic mass is 10.1. The van der Waals surface area contributed by atoms with Crippen LogP contribution in [0, 0.1) is 0 Å². The maximum Gasteiger partial charge on any atom is 0.141 e. The van der Waals surface area contributed by atoms with E-state index < -0.39 is 0 Å². The van der Waals surface area contributed by atoms with Crippen molar-refractivity contribution in [2.75, 3.05) is 11.5 Å². The van der Waals surface area contributed by atoms with Crippen LogP contribution in [-0.2, 0) is 6.42 Å². The van der Waals surface area contributed by atoms with Crippen LogP contribution >= 0.6 is 0 Å². The highest BCUT2D eigenvalue weighted by Crippen LogP contribution is 2.27. The predicted molar refractivity (Wildman–Crippen MR) is 46.3 cm³/mol. The number of aryl methyl sites for hydroxylation is 1. The summed E-state index contributed by atoms with van der Waals surface area (Å²) in [5.74, 6) is 0.154. The third-order valence-corrected chi connectivity index (χ3v) is 1.62. The molecule has 0 aliphatic rings. The van der Waals surface area contributed by atoms with Crippen LogP contribution < -0.4 is 11.5 Å². The van der Waals surface area contributed by atoms with Gasteiger partial charge in [-0.3, -0.25) is 0 Å². The molecule has 0 bridgehead atoms. The van der Waals surface area contributed by atoms with E-state index in [1.807, 2.05) is 6.92 Å². The minimum atomic E-state index is 0.154. The van der Waals surface area contributed by atoms with Gasteiger partial charge in [-0.15, -0.1) is 0 Å². The Labute approximate surface area is 65.6 Å². The summed E-state index contributed by atoms with van der Waals surface area (Å²) < 4.78 is 0. The highest BCUT2D eigenvalue weighted by atomic mass is 16.3. The molecule has 0 fully saturated rings. The van der Waals surface area contributed by atoms with Crippen molar-refractivity contribution in [2.45, 2.75) is 13.3 Å². The van der Waals surface area contributed by atoms with Gasteiger partial charge in [0.1, 0.15) is 5.75 Å². The van der Waals surface area contributed by atoms with Gasteiger partial charge in [-0.2, -0.15) is 0 Å². The zero-order chi connectivity index (χ0) is 8.43. The lowest BCUT2D eigenvalue weighted by Gasteiger charge is -2.05. The molecule has 0 atom stereocenters. The molecule has 1 aromatic carbocycles. The number of phenolic OH excluding ortho intramolecular Hbond substituents is 1. The normalized spacial score (nSPS) is 9.91. The number of rotatable bonds is 1. The lowest BCUT2D eigenvalue weighted by Crippen LogP contribution is -1.94. The van der Waals surface area contributed by atoms with Gasteiger partial charge >= 0.3 is 0 Å². The summed E-state index contributed by atoms with van der Waals surface area (Å²) in [5, 5.41) is 9.34. The van der Waals surface area contributed by atoms with E-state index in [2.05, 4.69) is 0 Å². The van der Waals surface area contributed by atoms with E-state index in [1.165, 1.54) is 0 Å². The molecule has 11 heavy (non-hydrogen) atoms. The molecule has 1 rings (SSSR count). The number of phenols is 1. The second-order valence-corrected chi connectivity index (χ2v) is 2.47. The smallest absolute Gasteiger partial charge is 0.141 e. The van der Waals surface area contributed by atoms with E-state index in [1.54, 1.807) is 12.1 Å². The average Bonchev–Trinajstić information content (AvgIpc) is 1.96. The number of hydrogen-bond donors (Lipinski definition) is 3. The van der Waals surface area contributed by atoms with Crippen LogP contribution in [-0.4, -0.2) is 5.11 Å². The molecule has 0 unspecified atom stereocenters. The summed E-state index contributed by atoms with van der Waals surface area (Å²) in [4.78, 5) is 0. The zero-order valence-corrected chi connectivity index (χ0v) is 6.46. The Hall–Kier alpha value is -1.38. The summed E-state index contributed by atoms with van der Waals surface area (Å²) in [5.41, 5.74) is 12.7. The fourth-order valence-corrected chi connectivity index (χ4v) is 1.01. The molecule has 5 N–H and O–H groups in total. The maximum atomic E-state index is 9.34. The van der Waals surface area contributed by atoms with E-state index in [4.69, 9.17) is 11.5 Å². The van der Waals surface area contributed by atoms with Crippen LogP contribution in [0.5, 0.6) is 5.75 Å². The van der Waals surface area contributed by atoms with Crippen molar-refractivity contribution in [1.29, 1.82) is 0 Å².